The monoisotopic (exact) mass is 323 g/mol. The van der Waals surface area contributed by atoms with E-state index in [1.807, 2.05) is 0 Å². The molecule has 1 aromatic heterocycles. The molecule has 1 unspecified atom stereocenters. The molecule has 0 aromatic carbocycles. The van der Waals surface area contributed by atoms with E-state index in [0.29, 0.717) is 0 Å². The normalized spacial score (nSPS) is 18.1. The fourth-order valence-corrected chi connectivity index (χ4v) is 2.93. The minimum absolute atomic E-state index is 0.0675. The van der Waals surface area contributed by atoms with Crippen molar-refractivity contribution in [3.63, 3.8) is 0 Å². The Balaban J connectivity index is 2.31. The average Bonchev–Trinajstić information content (AvgIpc) is 2.57. The van der Waals surface area contributed by atoms with Crippen LogP contribution in [0, 0.1) is 0 Å². The number of Topliss-reactive ketones (excluding diaryl/α,β-unsaturated/α-hetero) is 1. The van der Waals surface area contributed by atoms with E-state index in [-0.39, 0.29) is 17.2 Å². The van der Waals surface area contributed by atoms with Crippen LogP contribution < -0.4 is 17.0 Å². The van der Waals surface area contributed by atoms with Crippen LogP contribution in [0.3, 0.4) is 0 Å². The maximum absolute atomic E-state index is 12.8. The lowest BCUT2D eigenvalue weighted by molar-refractivity contribution is 0.0708. The Labute approximate surface area is 135 Å². The van der Waals surface area contributed by atoms with Gasteiger partial charge in [-0.15, -0.1) is 0 Å². The van der Waals surface area contributed by atoms with Gasteiger partial charge in [-0.05, 0) is 13.5 Å². The molecule has 1 aliphatic heterocycles. The molecule has 1 aromatic rings. The number of carbonyl (C=O) groups is 1. The van der Waals surface area contributed by atoms with Gasteiger partial charge < -0.3 is 10.6 Å². The van der Waals surface area contributed by atoms with E-state index in [4.69, 9.17) is 5.73 Å². The summed E-state index contributed by atoms with van der Waals surface area (Å²) in [5.74, 6) is -0.397. The Kier molecular flexibility index (Phi) is 5.06. The predicted octanol–water partition coefficient (Wildman–Crippen LogP) is -1.13. The molecule has 8 nitrogen and oxygen atoms in total. The van der Waals surface area contributed by atoms with Crippen LogP contribution in [-0.2, 0) is 14.1 Å². The topological polar surface area (TPSA) is 93.6 Å². The first-order valence-electron chi connectivity index (χ1n) is 7.85. The number of anilines is 1. The van der Waals surface area contributed by atoms with Crippen molar-refractivity contribution in [3.8, 4) is 0 Å². The number of piperazine rings is 1. The fraction of sp³-hybridized carbons (Fsp3) is 0.667. The molecule has 1 aliphatic rings. The number of nitrogens with two attached hydrogens (primary N) is 1. The van der Waals surface area contributed by atoms with E-state index in [1.165, 1.54) is 14.1 Å². The molecule has 23 heavy (non-hydrogen) atoms. The summed E-state index contributed by atoms with van der Waals surface area (Å²) >= 11 is 0. The third-order valence-corrected chi connectivity index (χ3v) is 4.74. The van der Waals surface area contributed by atoms with Crippen LogP contribution >= 0.6 is 0 Å². The Morgan fingerprint density at radius 1 is 1.13 bits per heavy atom. The van der Waals surface area contributed by atoms with Crippen molar-refractivity contribution >= 4 is 11.6 Å². The van der Waals surface area contributed by atoms with Crippen LogP contribution in [0.25, 0.3) is 0 Å². The molecule has 0 saturated carbocycles. The summed E-state index contributed by atoms with van der Waals surface area (Å²) < 4.78 is 2.06. The van der Waals surface area contributed by atoms with Gasteiger partial charge in [0.15, 0.2) is 5.78 Å². The van der Waals surface area contributed by atoms with Crippen LogP contribution in [0.15, 0.2) is 9.59 Å². The number of carbonyl (C=O) groups excluding carboxylic acids is 1. The summed E-state index contributed by atoms with van der Waals surface area (Å²) in [5, 5.41) is 0. The van der Waals surface area contributed by atoms with Gasteiger partial charge in [-0.25, -0.2) is 4.79 Å². The molecule has 2 rings (SSSR count). The van der Waals surface area contributed by atoms with Crippen molar-refractivity contribution in [1.29, 1.82) is 0 Å². The van der Waals surface area contributed by atoms with E-state index >= 15 is 0 Å². The van der Waals surface area contributed by atoms with Crippen molar-refractivity contribution in [2.75, 3.05) is 38.5 Å². The third-order valence-electron chi connectivity index (χ3n) is 4.74. The average molecular weight is 323 g/mol. The van der Waals surface area contributed by atoms with Gasteiger partial charge >= 0.3 is 5.69 Å². The summed E-state index contributed by atoms with van der Waals surface area (Å²) in [5.41, 5.74) is 4.61. The highest BCUT2D eigenvalue weighted by atomic mass is 16.2. The summed E-state index contributed by atoms with van der Waals surface area (Å²) in [6.07, 6.45) is 0. The first-order valence-corrected chi connectivity index (χ1v) is 7.85. The number of hydrogen-bond acceptors (Lipinski definition) is 6. The molecule has 0 bridgehead atoms. The number of aromatic nitrogens is 2. The Bertz CT molecular complexity index is 713. The van der Waals surface area contributed by atoms with Crippen LogP contribution in [0.1, 0.15) is 24.2 Å². The first-order chi connectivity index (χ1) is 10.8. The summed E-state index contributed by atoms with van der Waals surface area (Å²) in [6.45, 7) is 8.22. The Morgan fingerprint density at radius 3 is 2.22 bits per heavy atom. The lowest BCUT2D eigenvalue weighted by Crippen LogP contribution is -2.52. The summed E-state index contributed by atoms with van der Waals surface area (Å²) in [7, 11) is 2.81. The van der Waals surface area contributed by atoms with Crippen molar-refractivity contribution < 1.29 is 4.79 Å². The van der Waals surface area contributed by atoms with Gasteiger partial charge in [0.25, 0.3) is 5.56 Å². The van der Waals surface area contributed by atoms with E-state index in [2.05, 4.69) is 16.7 Å². The van der Waals surface area contributed by atoms with E-state index in [0.717, 1.165) is 41.9 Å². The van der Waals surface area contributed by atoms with E-state index < -0.39 is 17.3 Å². The van der Waals surface area contributed by atoms with Gasteiger partial charge in [-0.2, -0.15) is 0 Å². The van der Waals surface area contributed by atoms with Crippen LogP contribution in [-0.4, -0.2) is 63.5 Å². The standard InChI is InChI=1S/C15H25N5O3/c1-5-19-6-8-20(9-7-19)10(2)12(21)11-13(16)17(3)15(23)18(4)14(11)22/h10H,5-9,16H2,1-4H3. The number of ketones is 1. The number of nitrogens with zero attached hydrogens (tertiary/aromatic N) is 4. The van der Waals surface area contributed by atoms with Crippen molar-refractivity contribution in [2.45, 2.75) is 19.9 Å². The van der Waals surface area contributed by atoms with Gasteiger partial charge in [0, 0.05) is 40.3 Å². The van der Waals surface area contributed by atoms with Gasteiger partial charge in [-0.1, -0.05) is 6.92 Å². The van der Waals surface area contributed by atoms with Crippen LogP contribution in [0.5, 0.6) is 0 Å². The van der Waals surface area contributed by atoms with Gasteiger partial charge in [0.1, 0.15) is 11.4 Å². The number of hydrogen-bond donors (Lipinski definition) is 1. The zero-order valence-electron chi connectivity index (χ0n) is 14.2. The molecule has 1 fully saturated rings. The minimum atomic E-state index is -0.630. The van der Waals surface area contributed by atoms with Crippen molar-refractivity contribution in [3.05, 3.63) is 26.4 Å². The second-order valence-corrected chi connectivity index (χ2v) is 5.98. The highest BCUT2D eigenvalue weighted by molar-refractivity contribution is 6.03. The maximum Gasteiger partial charge on any atom is 0.332 e. The molecule has 0 radical (unpaired) electrons. The molecular formula is C15H25N5O3. The Morgan fingerprint density at radius 2 is 1.70 bits per heavy atom. The fourth-order valence-electron chi connectivity index (χ4n) is 2.93. The van der Waals surface area contributed by atoms with Crippen LogP contribution in [0.2, 0.25) is 0 Å². The molecule has 2 N–H and O–H groups in total. The zero-order valence-corrected chi connectivity index (χ0v) is 14.2. The molecule has 0 spiro atoms. The van der Waals surface area contributed by atoms with Gasteiger partial charge in [0.2, 0.25) is 0 Å². The molecule has 0 amide bonds. The largest absolute Gasteiger partial charge is 0.384 e. The maximum atomic E-state index is 12.8. The second-order valence-electron chi connectivity index (χ2n) is 5.98. The number of rotatable bonds is 4. The highest BCUT2D eigenvalue weighted by Gasteiger charge is 2.30. The smallest absolute Gasteiger partial charge is 0.332 e. The minimum Gasteiger partial charge on any atom is -0.384 e. The number of likely N-dealkylation sites (N-methyl/N-ethyl adjacent to an activating group) is 1. The van der Waals surface area contributed by atoms with E-state index in [9.17, 15) is 14.4 Å². The summed E-state index contributed by atoms with van der Waals surface area (Å²) in [4.78, 5) is 41.3. The zero-order chi connectivity index (χ0) is 17.3. The molecule has 1 saturated heterocycles. The lowest BCUT2D eigenvalue weighted by Gasteiger charge is -2.37. The van der Waals surface area contributed by atoms with E-state index in [1.54, 1.807) is 6.92 Å². The third kappa shape index (κ3) is 3.09. The highest BCUT2D eigenvalue weighted by Crippen LogP contribution is 2.13. The number of nitrogen functional groups attached to an aromatic ring is 1. The quantitative estimate of drug-likeness (QED) is 0.705. The molecule has 0 aliphatic carbocycles. The van der Waals surface area contributed by atoms with Crippen molar-refractivity contribution in [2.24, 2.45) is 14.1 Å². The molecule has 8 heteroatoms. The summed E-state index contributed by atoms with van der Waals surface area (Å²) in [6, 6.07) is -0.443. The molecule has 2 heterocycles. The first kappa shape index (κ1) is 17.4. The lowest BCUT2D eigenvalue weighted by atomic mass is 10.0. The van der Waals surface area contributed by atoms with Gasteiger partial charge in [0.05, 0.1) is 6.04 Å². The van der Waals surface area contributed by atoms with Gasteiger partial charge in [-0.3, -0.25) is 23.6 Å². The predicted molar refractivity (Wildman–Crippen MR) is 88.8 cm³/mol. The Hall–Kier alpha value is -1.93. The van der Waals surface area contributed by atoms with Crippen LogP contribution in [0.4, 0.5) is 5.82 Å². The molecule has 1 atom stereocenters. The SMILES string of the molecule is CCN1CCN(C(C)C(=O)c2c(N)n(C)c(=O)n(C)c2=O)CC1. The van der Waals surface area contributed by atoms with Crippen molar-refractivity contribution in [1.82, 2.24) is 18.9 Å². The second kappa shape index (κ2) is 6.67. The molecule has 128 valence electrons. The molecular weight excluding hydrogens is 298 g/mol.